The Morgan fingerprint density at radius 1 is 0.875 bits per heavy atom. The maximum Gasteiger partial charge on any atom is 0.339 e. The van der Waals surface area contributed by atoms with Crippen molar-refractivity contribution in [3.63, 3.8) is 0 Å². The van der Waals surface area contributed by atoms with Crippen LogP contribution in [0.15, 0.2) is 54.6 Å². The molecule has 0 radical (unpaired) electrons. The van der Waals surface area contributed by atoms with E-state index in [1.807, 2.05) is 44.2 Å². The summed E-state index contributed by atoms with van der Waals surface area (Å²) < 4.78 is 10.6. The van der Waals surface area contributed by atoms with Crippen molar-refractivity contribution in [2.24, 2.45) is 5.92 Å². The average molecular weight is 326 g/mol. The third-order valence-electron chi connectivity index (χ3n) is 3.78. The van der Waals surface area contributed by atoms with E-state index in [2.05, 4.69) is 0 Å². The molecule has 2 aromatic rings. The van der Waals surface area contributed by atoms with E-state index in [4.69, 9.17) is 9.47 Å². The lowest BCUT2D eigenvalue weighted by atomic mass is 10.1. The van der Waals surface area contributed by atoms with Crippen molar-refractivity contribution in [2.45, 2.75) is 26.9 Å². The summed E-state index contributed by atoms with van der Waals surface area (Å²) in [5, 5.41) is 0. The van der Waals surface area contributed by atoms with Crippen LogP contribution in [0.4, 0.5) is 0 Å². The molecule has 0 aliphatic rings. The first-order valence-corrected chi connectivity index (χ1v) is 8.09. The third kappa shape index (κ3) is 4.95. The van der Waals surface area contributed by atoms with E-state index in [9.17, 15) is 9.59 Å². The van der Waals surface area contributed by atoms with Crippen molar-refractivity contribution >= 4 is 11.9 Å². The average Bonchev–Trinajstić information content (AvgIpc) is 2.64. The van der Waals surface area contributed by atoms with Crippen molar-refractivity contribution in [2.75, 3.05) is 6.61 Å². The molecule has 2 aromatic carbocycles. The van der Waals surface area contributed by atoms with E-state index < -0.39 is 11.9 Å². The zero-order valence-electron chi connectivity index (χ0n) is 14.0. The van der Waals surface area contributed by atoms with Crippen LogP contribution in [0, 0.1) is 5.92 Å². The number of esters is 2. The Hall–Kier alpha value is -2.62. The Morgan fingerprint density at radius 2 is 1.42 bits per heavy atom. The summed E-state index contributed by atoms with van der Waals surface area (Å²) in [7, 11) is 0. The van der Waals surface area contributed by atoms with E-state index >= 15 is 0 Å². The normalized spacial score (nSPS) is 11.6. The minimum Gasteiger partial charge on any atom is -0.462 e. The van der Waals surface area contributed by atoms with E-state index in [1.54, 1.807) is 24.3 Å². The molecule has 0 aromatic heterocycles. The number of benzene rings is 2. The Balaban J connectivity index is 2.04. The second-order valence-corrected chi connectivity index (χ2v) is 5.72. The molecule has 24 heavy (non-hydrogen) atoms. The number of carbonyl (C=O) groups is 2. The predicted octanol–water partition coefficient (Wildman–Crippen LogP) is 4.25. The molecule has 0 heterocycles. The van der Waals surface area contributed by atoms with Crippen LogP contribution in [0.1, 0.15) is 46.5 Å². The monoisotopic (exact) mass is 326 g/mol. The maximum atomic E-state index is 12.3. The molecule has 0 aliphatic heterocycles. The summed E-state index contributed by atoms with van der Waals surface area (Å²) in [5.74, 6) is -0.747. The summed E-state index contributed by atoms with van der Waals surface area (Å²) in [6, 6.07) is 16.0. The van der Waals surface area contributed by atoms with Crippen molar-refractivity contribution in [1.82, 2.24) is 0 Å². The van der Waals surface area contributed by atoms with Gasteiger partial charge in [0.1, 0.15) is 6.61 Å². The summed E-state index contributed by atoms with van der Waals surface area (Å²) >= 11 is 0. The lowest BCUT2D eigenvalue weighted by molar-refractivity contribution is 0.0411. The maximum absolute atomic E-state index is 12.3. The molecule has 0 amide bonds. The third-order valence-corrected chi connectivity index (χ3v) is 3.78. The highest BCUT2D eigenvalue weighted by Crippen LogP contribution is 2.14. The fraction of sp³-hybridized carbons (Fsp3) is 0.300. The van der Waals surface area contributed by atoms with E-state index in [-0.39, 0.29) is 23.7 Å². The largest absolute Gasteiger partial charge is 0.462 e. The molecule has 0 saturated carbocycles. The van der Waals surface area contributed by atoms with Crippen LogP contribution in [-0.2, 0) is 16.1 Å². The first kappa shape index (κ1) is 17.7. The van der Waals surface area contributed by atoms with Gasteiger partial charge < -0.3 is 9.47 Å². The molecule has 4 heteroatoms. The molecule has 126 valence electrons. The lowest BCUT2D eigenvalue weighted by Gasteiger charge is -2.12. The van der Waals surface area contributed by atoms with Gasteiger partial charge in [0.25, 0.3) is 0 Å². The molecule has 0 saturated heterocycles. The van der Waals surface area contributed by atoms with Gasteiger partial charge >= 0.3 is 11.9 Å². The summed E-state index contributed by atoms with van der Waals surface area (Å²) in [6.45, 7) is 4.54. The zero-order valence-corrected chi connectivity index (χ0v) is 14.0. The first-order valence-electron chi connectivity index (χ1n) is 8.09. The molecule has 2 rings (SSSR count). The predicted molar refractivity (Wildman–Crippen MR) is 91.7 cm³/mol. The summed E-state index contributed by atoms with van der Waals surface area (Å²) in [5.41, 5.74) is 1.35. The lowest BCUT2D eigenvalue weighted by Crippen LogP contribution is -2.16. The molecular formula is C20H22O4. The molecular weight excluding hydrogens is 304 g/mol. The second-order valence-electron chi connectivity index (χ2n) is 5.72. The molecule has 0 spiro atoms. The van der Waals surface area contributed by atoms with Crippen LogP contribution in [0.2, 0.25) is 0 Å². The van der Waals surface area contributed by atoms with Gasteiger partial charge in [-0.25, -0.2) is 9.59 Å². The Kier molecular flexibility index (Phi) is 6.55. The number of hydrogen-bond donors (Lipinski definition) is 0. The molecule has 4 nitrogen and oxygen atoms in total. The van der Waals surface area contributed by atoms with Crippen molar-refractivity contribution in [1.29, 1.82) is 0 Å². The van der Waals surface area contributed by atoms with Crippen LogP contribution in [-0.4, -0.2) is 18.5 Å². The van der Waals surface area contributed by atoms with Crippen LogP contribution >= 0.6 is 0 Å². The van der Waals surface area contributed by atoms with E-state index in [0.717, 1.165) is 12.0 Å². The fourth-order valence-corrected chi connectivity index (χ4v) is 2.05. The van der Waals surface area contributed by atoms with Gasteiger partial charge in [0.2, 0.25) is 0 Å². The van der Waals surface area contributed by atoms with E-state index in [0.29, 0.717) is 6.61 Å². The van der Waals surface area contributed by atoms with Crippen LogP contribution in [0.5, 0.6) is 0 Å². The molecule has 1 atom stereocenters. The van der Waals surface area contributed by atoms with Gasteiger partial charge in [0.05, 0.1) is 17.7 Å². The highest BCUT2D eigenvalue weighted by Gasteiger charge is 2.19. The van der Waals surface area contributed by atoms with Gasteiger partial charge in [-0.3, -0.25) is 0 Å². The Labute approximate surface area is 142 Å². The quantitative estimate of drug-likeness (QED) is 0.714. The molecule has 0 bridgehead atoms. The van der Waals surface area contributed by atoms with Crippen LogP contribution < -0.4 is 0 Å². The molecule has 0 N–H and O–H groups in total. The van der Waals surface area contributed by atoms with Gasteiger partial charge in [-0.05, 0) is 23.6 Å². The van der Waals surface area contributed by atoms with Crippen LogP contribution in [0.3, 0.4) is 0 Å². The topological polar surface area (TPSA) is 52.6 Å². The van der Waals surface area contributed by atoms with Gasteiger partial charge in [0, 0.05) is 0 Å². The van der Waals surface area contributed by atoms with Crippen molar-refractivity contribution < 1.29 is 19.1 Å². The van der Waals surface area contributed by atoms with Gasteiger partial charge in [-0.15, -0.1) is 0 Å². The summed E-state index contributed by atoms with van der Waals surface area (Å²) in [4.78, 5) is 24.5. The van der Waals surface area contributed by atoms with Gasteiger partial charge in [-0.1, -0.05) is 62.7 Å². The number of hydrogen-bond acceptors (Lipinski definition) is 4. The smallest absolute Gasteiger partial charge is 0.339 e. The number of ether oxygens (including phenoxy) is 2. The molecule has 0 unspecified atom stereocenters. The minimum absolute atomic E-state index is 0.163. The van der Waals surface area contributed by atoms with Crippen molar-refractivity contribution in [3.05, 3.63) is 71.3 Å². The standard InChI is InChI=1S/C20H22O4/c1-3-15(2)13-23-19(21)17-11-7-8-12-18(17)20(22)24-14-16-9-5-4-6-10-16/h4-12,15H,3,13-14H2,1-2H3/t15-/m1/s1. The van der Waals surface area contributed by atoms with E-state index in [1.165, 1.54) is 0 Å². The Morgan fingerprint density at radius 3 is 2.00 bits per heavy atom. The minimum atomic E-state index is -0.532. The number of rotatable bonds is 7. The Bertz CT molecular complexity index is 679. The van der Waals surface area contributed by atoms with Gasteiger partial charge in [0.15, 0.2) is 0 Å². The summed E-state index contributed by atoms with van der Waals surface area (Å²) in [6.07, 6.45) is 0.925. The fourth-order valence-electron chi connectivity index (χ4n) is 2.05. The van der Waals surface area contributed by atoms with Gasteiger partial charge in [-0.2, -0.15) is 0 Å². The number of carbonyl (C=O) groups excluding carboxylic acids is 2. The highest BCUT2D eigenvalue weighted by molar-refractivity contribution is 6.03. The zero-order chi connectivity index (χ0) is 17.4. The second kappa shape index (κ2) is 8.87. The van der Waals surface area contributed by atoms with Crippen molar-refractivity contribution in [3.8, 4) is 0 Å². The highest BCUT2D eigenvalue weighted by atomic mass is 16.5. The molecule has 0 aliphatic carbocycles. The van der Waals surface area contributed by atoms with Crippen LogP contribution in [0.25, 0.3) is 0 Å². The molecule has 0 fully saturated rings. The first-order chi connectivity index (χ1) is 11.6. The SMILES string of the molecule is CC[C@@H](C)COC(=O)c1ccccc1C(=O)OCc1ccccc1.